The van der Waals surface area contributed by atoms with E-state index in [9.17, 15) is 9.18 Å². The van der Waals surface area contributed by atoms with E-state index < -0.39 is 11.7 Å². The number of pyridine rings is 1. The summed E-state index contributed by atoms with van der Waals surface area (Å²) < 4.78 is 13.1. The lowest BCUT2D eigenvalue weighted by Crippen LogP contribution is -2.14. The van der Waals surface area contributed by atoms with Gasteiger partial charge in [0.15, 0.2) is 0 Å². The summed E-state index contributed by atoms with van der Waals surface area (Å²) in [5.41, 5.74) is 0.133. The molecule has 0 saturated heterocycles. The molecule has 0 atom stereocenters. The Morgan fingerprint density at radius 3 is 2.47 bits per heavy atom. The van der Waals surface area contributed by atoms with Gasteiger partial charge in [0.05, 0.1) is 27.5 Å². The topological polar surface area (TPSA) is 42.0 Å². The number of benzene rings is 1. The van der Waals surface area contributed by atoms with E-state index in [2.05, 4.69) is 10.3 Å². The zero-order valence-corrected chi connectivity index (χ0v) is 11.5. The second kappa shape index (κ2) is 5.74. The lowest BCUT2D eigenvalue weighted by atomic mass is 10.2. The van der Waals surface area contributed by atoms with E-state index in [1.54, 1.807) is 18.2 Å². The first-order valence-corrected chi connectivity index (χ1v) is 6.19. The summed E-state index contributed by atoms with van der Waals surface area (Å²) in [5, 5.41) is 2.89. The van der Waals surface area contributed by atoms with Crippen molar-refractivity contribution in [1.82, 2.24) is 4.98 Å². The maximum absolute atomic E-state index is 13.1. The summed E-state index contributed by atoms with van der Waals surface area (Å²) in [6.07, 6.45) is 0.918. The van der Waals surface area contributed by atoms with Crippen LogP contribution in [0.4, 0.5) is 10.1 Å². The second-order valence-corrected chi connectivity index (χ2v) is 4.72. The Balaban J connectivity index is 2.34. The second-order valence-electron chi connectivity index (χ2n) is 3.54. The summed E-state index contributed by atoms with van der Waals surface area (Å²) in [6.45, 7) is 0. The van der Waals surface area contributed by atoms with Crippen LogP contribution >= 0.6 is 34.8 Å². The monoisotopic (exact) mass is 318 g/mol. The maximum atomic E-state index is 13.1. The predicted octanol–water partition coefficient (Wildman–Crippen LogP) is 4.43. The number of aromatic nitrogens is 1. The van der Waals surface area contributed by atoms with Crippen molar-refractivity contribution in [3.63, 3.8) is 0 Å². The van der Waals surface area contributed by atoms with Gasteiger partial charge in [-0.3, -0.25) is 4.79 Å². The number of carbonyl (C=O) groups is 1. The van der Waals surface area contributed by atoms with Gasteiger partial charge in [-0.15, -0.1) is 0 Å². The highest BCUT2D eigenvalue weighted by Gasteiger charge is 2.15. The SMILES string of the molecule is O=C(Nc1c(Cl)cccc1Cl)c1cc(F)cnc1Cl. The smallest absolute Gasteiger partial charge is 0.258 e. The Hall–Kier alpha value is -1.36. The average molecular weight is 320 g/mol. The minimum atomic E-state index is -0.667. The lowest BCUT2D eigenvalue weighted by Gasteiger charge is -2.09. The van der Waals surface area contributed by atoms with Gasteiger partial charge in [-0.25, -0.2) is 9.37 Å². The third kappa shape index (κ3) is 3.15. The number of rotatable bonds is 2. The van der Waals surface area contributed by atoms with Crippen molar-refractivity contribution < 1.29 is 9.18 Å². The molecule has 3 nitrogen and oxygen atoms in total. The van der Waals surface area contributed by atoms with Crippen LogP contribution in [0.3, 0.4) is 0 Å². The van der Waals surface area contributed by atoms with Gasteiger partial charge < -0.3 is 5.32 Å². The molecule has 1 N–H and O–H groups in total. The fraction of sp³-hybridized carbons (Fsp3) is 0. The Bertz CT molecular complexity index is 629. The van der Waals surface area contributed by atoms with Crippen LogP contribution in [-0.4, -0.2) is 10.9 Å². The standard InChI is InChI=1S/C12H6Cl3FN2O/c13-8-2-1-3-9(14)10(8)18-12(19)7-4-6(16)5-17-11(7)15/h1-5H,(H,18,19). The number of carbonyl (C=O) groups excluding carboxylic acids is 1. The Morgan fingerprint density at radius 1 is 1.21 bits per heavy atom. The molecule has 0 saturated carbocycles. The van der Waals surface area contributed by atoms with Crippen LogP contribution in [0.5, 0.6) is 0 Å². The van der Waals surface area contributed by atoms with E-state index in [1.165, 1.54) is 0 Å². The molecule has 0 aliphatic rings. The summed E-state index contributed by atoms with van der Waals surface area (Å²) in [6, 6.07) is 5.75. The minimum absolute atomic E-state index is 0.0994. The molecule has 0 aliphatic heterocycles. The van der Waals surface area contributed by atoms with Gasteiger partial charge in [-0.2, -0.15) is 0 Å². The lowest BCUT2D eigenvalue weighted by molar-refractivity contribution is 0.102. The molecule has 0 aliphatic carbocycles. The van der Waals surface area contributed by atoms with Gasteiger partial charge >= 0.3 is 0 Å². The first-order valence-electron chi connectivity index (χ1n) is 5.05. The number of nitrogens with zero attached hydrogens (tertiary/aromatic N) is 1. The fourth-order valence-corrected chi connectivity index (χ4v) is 2.06. The molecule has 2 rings (SSSR count). The van der Waals surface area contributed by atoms with E-state index in [-0.39, 0.29) is 26.4 Å². The Morgan fingerprint density at radius 2 is 1.84 bits per heavy atom. The number of para-hydroxylation sites is 1. The highest BCUT2D eigenvalue weighted by Crippen LogP contribution is 2.30. The first-order chi connectivity index (χ1) is 8.99. The van der Waals surface area contributed by atoms with Crippen LogP contribution in [0.25, 0.3) is 0 Å². The molecular formula is C12H6Cl3FN2O. The van der Waals surface area contributed by atoms with Gasteiger partial charge in [-0.05, 0) is 18.2 Å². The minimum Gasteiger partial charge on any atom is -0.319 e. The largest absolute Gasteiger partial charge is 0.319 e. The van der Waals surface area contributed by atoms with E-state index >= 15 is 0 Å². The molecule has 19 heavy (non-hydrogen) atoms. The van der Waals surface area contributed by atoms with E-state index in [4.69, 9.17) is 34.8 Å². The molecule has 0 radical (unpaired) electrons. The van der Waals surface area contributed by atoms with Crippen molar-refractivity contribution in [2.24, 2.45) is 0 Å². The number of nitrogens with one attached hydrogen (secondary N) is 1. The highest BCUT2D eigenvalue weighted by molar-refractivity contribution is 6.40. The molecule has 1 heterocycles. The van der Waals surface area contributed by atoms with Crippen molar-refractivity contribution >= 4 is 46.4 Å². The Labute approximate surface area is 123 Å². The molecule has 0 unspecified atom stereocenters. The van der Waals surface area contributed by atoms with Crippen LogP contribution < -0.4 is 5.32 Å². The van der Waals surface area contributed by atoms with Crippen LogP contribution in [0.15, 0.2) is 30.5 Å². The molecule has 0 fully saturated rings. The zero-order valence-electron chi connectivity index (χ0n) is 9.25. The molecule has 0 bridgehead atoms. The zero-order chi connectivity index (χ0) is 14.0. The van der Waals surface area contributed by atoms with Crippen molar-refractivity contribution in [1.29, 1.82) is 0 Å². The molecular weight excluding hydrogens is 314 g/mol. The summed E-state index contributed by atoms with van der Waals surface area (Å²) in [5.74, 6) is -1.31. The van der Waals surface area contributed by atoms with Crippen LogP contribution in [0.1, 0.15) is 10.4 Å². The molecule has 1 amide bonds. The number of amides is 1. The van der Waals surface area contributed by atoms with E-state index in [0.717, 1.165) is 12.3 Å². The quantitative estimate of drug-likeness (QED) is 0.832. The highest BCUT2D eigenvalue weighted by atomic mass is 35.5. The molecule has 98 valence electrons. The fourth-order valence-electron chi connectivity index (χ4n) is 1.38. The molecule has 7 heteroatoms. The maximum Gasteiger partial charge on any atom is 0.258 e. The molecule has 2 aromatic rings. The first kappa shape index (κ1) is 14.1. The van der Waals surface area contributed by atoms with E-state index in [1.807, 2.05) is 0 Å². The van der Waals surface area contributed by atoms with E-state index in [0.29, 0.717) is 0 Å². The van der Waals surface area contributed by atoms with Gasteiger partial charge in [-0.1, -0.05) is 40.9 Å². The number of hydrogen-bond donors (Lipinski definition) is 1. The summed E-state index contributed by atoms with van der Waals surface area (Å²) >= 11 is 17.6. The Kier molecular flexibility index (Phi) is 4.24. The number of halogens is 4. The van der Waals surface area contributed by atoms with Crippen molar-refractivity contribution in [3.05, 3.63) is 57.0 Å². The third-order valence-electron chi connectivity index (χ3n) is 2.25. The van der Waals surface area contributed by atoms with Crippen LogP contribution in [0, 0.1) is 5.82 Å². The third-order valence-corrected chi connectivity index (χ3v) is 3.18. The van der Waals surface area contributed by atoms with Crippen molar-refractivity contribution in [3.8, 4) is 0 Å². The normalized spacial score (nSPS) is 10.3. The summed E-state index contributed by atoms with van der Waals surface area (Å²) in [7, 11) is 0. The predicted molar refractivity (Wildman–Crippen MR) is 73.6 cm³/mol. The number of hydrogen-bond acceptors (Lipinski definition) is 2. The number of anilines is 1. The molecule has 1 aromatic heterocycles. The van der Waals surface area contributed by atoms with Gasteiger partial charge in [0, 0.05) is 0 Å². The van der Waals surface area contributed by atoms with Gasteiger partial charge in [0.1, 0.15) is 11.0 Å². The van der Waals surface area contributed by atoms with Crippen molar-refractivity contribution in [2.75, 3.05) is 5.32 Å². The van der Waals surface area contributed by atoms with Gasteiger partial charge in [0.25, 0.3) is 5.91 Å². The van der Waals surface area contributed by atoms with Crippen molar-refractivity contribution in [2.45, 2.75) is 0 Å². The average Bonchev–Trinajstić information content (AvgIpc) is 2.37. The van der Waals surface area contributed by atoms with Crippen LogP contribution in [-0.2, 0) is 0 Å². The molecule has 1 aromatic carbocycles. The van der Waals surface area contributed by atoms with Crippen LogP contribution in [0.2, 0.25) is 15.2 Å². The summed E-state index contributed by atoms with van der Waals surface area (Å²) in [4.78, 5) is 15.5. The van der Waals surface area contributed by atoms with Gasteiger partial charge in [0.2, 0.25) is 0 Å². The molecule has 0 spiro atoms.